The SMILES string of the molecule is COc1cccc(CNCC[C@H]2CCC(=O)N2Cc2c(OC)cccc2OC)c1. The van der Waals surface area contributed by atoms with Crippen LogP contribution in [0.5, 0.6) is 17.2 Å². The lowest BCUT2D eigenvalue weighted by Gasteiger charge is -2.26. The third kappa shape index (κ3) is 5.21. The van der Waals surface area contributed by atoms with E-state index in [2.05, 4.69) is 11.4 Å². The van der Waals surface area contributed by atoms with E-state index in [9.17, 15) is 4.79 Å². The Balaban J connectivity index is 1.58. The molecule has 1 aliphatic heterocycles. The number of methoxy groups -OCH3 is 3. The van der Waals surface area contributed by atoms with Crippen LogP contribution in [0.1, 0.15) is 30.4 Å². The summed E-state index contributed by atoms with van der Waals surface area (Å²) in [4.78, 5) is 14.5. The Morgan fingerprint density at radius 1 is 1.03 bits per heavy atom. The fourth-order valence-corrected chi connectivity index (χ4v) is 3.85. The van der Waals surface area contributed by atoms with E-state index >= 15 is 0 Å². The van der Waals surface area contributed by atoms with Gasteiger partial charge in [0.25, 0.3) is 0 Å². The van der Waals surface area contributed by atoms with Gasteiger partial charge in [-0.2, -0.15) is 0 Å². The summed E-state index contributed by atoms with van der Waals surface area (Å²) in [6.07, 6.45) is 2.39. The highest BCUT2D eigenvalue weighted by Gasteiger charge is 2.31. The highest BCUT2D eigenvalue weighted by atomic mass is 16.5. The van der Waals surface area contributed by atoms with Gasteiger partial charge in [0.05, 0.1) is 33.4 Å². The van der Waals surface area contributed by atoms with Crippen LogP contribution in [0.15, 0.2) is 42.5 Å². The first-order valence-electron chi connectivity index (χ1n) is 9.99. The van der Waals surface area contributed by atoms with Gasteiger partial charge in [0.1, 0.15) is 17.2 Å². The molecule has 29 heavy (non-hydrogen) atoms. The Bertz CT molecular complexity index is 802. The predicted octanol–water partition coefficient (Wildman–Crippen LogP) is 3.38. The topological polar surface area (TPSA) is 60.0 Å². The maximum absolute atomic E-state index is 12.5. The molecule has 1 N–H and O–H groups in total. The summed E-state index contributed by atoms with van der Waals surface area (Å²) >= 11 is 0. The van der Waals surface area contributed by atoms with Crippen molar-refractivity contribution in [2.75, 3.05) is 27.9 Å². The number of carbonyl (C=O) groups excluding carboxylic acids is 1. The maximum Gasteiger partial charge on any atom is 0.223 e. The molecule has 6 heteroatoms. The minimum absolute atomic E-state index is 0.191. The van der Waals surface area contributed by atoms with Crippen LogP contribution in [0.25, 0.3) is 0 Å². The molecule has 0 saturated carbocycles. The van der Waals surface area contributed by atoms with Crippen LogP contribution in [-0.2, 0) is 17.9 Å². The zero-order valence-electron chi connectivity index (χ0n) is 17.4. The Morgan fingerprint density at radius 2 is 1.76 bits per heavy atom. The molecule has 2 aromatic rings. The summed E-state index contributed by atoms with van der Waals surface area (Å²) in [7, 11) is 4.96. The lowest BCUT2D eigenvalue weighted by Crippen LogP contribution is -2.34. The molecule has 1 atom stereocenters. The number of hydrogen-bond acceptors (Lipinski definition) is 5. The Morgan fingerprint density at radius 3 is 2.45 bits per heavy atom. The summed E-state index contributed by atoms with van der Waals surface area (Å²) in [5, 5.41) is 3.48. The number of rotatable bonds is 10. The van der Waals surface area contributed by atoms with E-state index in [-0.39, 0.29) is 11.9 Å². The van der Waals surface area contributed by atoms with Gasteiger partial charge in [-0.15, -0.1) is 0 Å². The van der Waals surface area contributed by atoms with Gasteiger partial charge < -0.3 is 24.4 Å². The van der Waals surface area contributed by atoms with Crippen LogP contribution in [0.2, 0.25) is 0 Å². The molecule has 1 fully saturated rings. The fourth-order valence-electron chi connectivity index (χ4n) is 3.85. The van der Waals surface area contributed by atoms with Crippen molar-refractivity contribution in [2.24, 2.45) is 0 Å². The van der Waals surface area contributed by atoms with E-state index in [1.807, 2.05) is 41.3 Å². The molecular weight excluding hydrogens is 368 g/mol. The molecule has 1 amide bonds. The fraction of sp³-hybridized carbons (Fsp3) is 0.435. The highest BCUT2D eigenvalue weighted by molar-refractivity contribution is 5.79. The number of amides is 1. The van der Waals surface area contributed by atoms with E-state index in [0.717, 1.165) is 48.7 Å². The van der Waals surface area contributed by atoms with Gasteiger partial charge in [-0.1, -0.05) is 18.2 Å². The second kappa shape index (κ2) is 10.2. The quantitative estimate of drug-likeness (QED) is 0.622. The van der Waals surface area contributed by atoms with Crippen molar-refractivity contribution in [3.05, 3.63) is 53.6 Å². The number of nitrogens with zero attached hydrogens (tertiary/aromatic N) is 1. The molecule has 6 nitrogen and oxygen atoms in total. The average molecular weight is 399 g/mol. The Hall–Kier alpha value is -2.73. The van der Waals surface area contributed by atoms with Gasteiger partial charge in [-0.25, -0.2) is 0 Å². The molecule has 1 heterocycles. The first-order valence-corrected chi connectivity index (χ1v) is 9.99. The molecule has 0 radical (unpaired) electrons. The molecule has 0 aromatic heterocycles. The van der Waals surface area contributed by atoms with Crippen molar-refractivity contribution in [1.29, 1.82) is 0 Å². The minimum atomic E-state index is 0.191. The Kier molecular flexibility index (Phi) is 7.36. The third-order valence-electron chi connectivity index (χ3n) is 5.43. The van der Waals surface area contributed by atoms with E-state index in [4.69, 9.17) is 14.2 Å². The Labute approximate surface area is 172 Å². The van der Waals surface area contributed by atoms with Crippen molar-refractivity contribution < 1.29 is 19.0 Å². The normalized spacial score (nSPS) is 16.2. The first kappa shape index (κ1) is 21.0. The molecule has 2 aromatic carbocycles. The molecule has 0 bridgehead atoms. The summed E-state index contributed by atoms with van der Waals surface area (Å²) in [6.45, 7) is 2.12. The number of carbonyl (C=O) groups is 1. The van der Waals surface area contributed by atoms with Crippen molar-refractivity contribution in [1.82, 2.24) is 10.2 Å². The number of hydrogen-bond donors (Lipinski definition) is 1. The lowest BCUT2D eigenvalue weighted by atomic mass is 10.1. The second-order valence-corrected chi connectivity index (χ2v) is 7.17. The largest absolute Gasteiger partial charge is 0.497 e. The van der Waals surface area contributed by atoms with Crippen molar-refractivity contribution >= 4 is 5.91 Å². The maximum atomic E-state index is 12.5. The van der Waals surface area contributed by atoms with E-state index in [0.29, 0.717) is 13.0 Å². The number of benzene rings is 2. The predicted molar refractivity (Wildman–Crippen MR) is 112 cm³/mol. The molecule has 1 saturated heterocycles. The standard InChI is InChI=1S/C23H30N2O4/c1-27-19-7-4-6-17(14-19)15-24-13-12-18-10-11-23(26)25(18)16-20-21(28-2)8-5-9-22(20)29-3/h4-9,14,18,24H,10-13,15-16H2,1-3H3/t18-/m1/s1. The van der Waals surface area contributed by atoms with Crippen LogP contribution in [0.3, 0.4) is 0 Å². The zero-order valence-corrected chi connectivity index (χ0v) is 17.4. The van der Waals surface area contributed by atoms with Crippen LogP contribution in [0, 0.1) is 0 Å². The molecule has 0 aliphatic carbocycles. The molecule has 156 valence electrons. The van der Waals surface area contributed by atoms with E-state index in [1.54, 1.807) is 21.3 Å². The van der Waals surface area contributed by atoms with Gasteiger partial charge in [0.15, 0.2) is 0 Å². The zero-order chi connectivity index (χ0) is 20.6. The molecule has 1 aliphatic rings. The van der Waals surface area contributed by atoms with Crippen molar-refractivity contribution in [3.63, 3.8) is 0 Å². The minimum Gasteiger partial charge on any atom is -0.497 e. The number of nitrogens with one attached hydrogen (secondary N) is 1. The van der Waals surface area contributed by atoms with Crippen LogP contribution in [-0.4, -0.2) is 44.7 Å². The number of ether oxygens (including phenoxy) is 3. The number of likely N-dealkylation sites (tertiary alicyclic amines) is 1. The lowest BCUT2D eigenvalue weighted by molar-refractivity contribution is -0.129. The van der Waals surface area contributed by atoms with Crippen LogP contribution < -0.4 is 19.5 Å². The van der Waals surface area contributed by atoms with Gasteiger partial charge in [-0.3, -0.25) is 4.79 Å². The molecule has 3 rings (SSSR count). The molecule has 0 spiro atoms. The molecule has 0 unspecified atom stereocenters. The summed E-state index contributed by atoms with van der Waals surface area (Å²) in [5.41, 5.74) is 2.10. The highest BCUT2D eigenvalue weighted by Crippen LogP contribution is 2.33. The first-order chi connectivity index (χ1) is 14.2. The van der Waals surface area contributed by atoms with Crippen LogP contribution >= 0.6 is 0 Å². The van der Waals surface area contributed by atoms with Gasteiger partial charge in [0, 0.05) is 19.0 Å². The van der Waals surface area contributed by atoms with E-state index in [1.165, 1.54) is 5.56 Å². The second-order valence-electron chi connectivity index (χ2n) is 7.17. The van der Waals surface area contributed by atoms with Gasteiger partial charge in [-0.05, 0) is 49.2 Å². The van der Waals surface area contributed by atoms with Crippen molar-refractivity contribution in [3.8, 4) is 17.2 Å². The molecular formula is C23H30N2O4. The van der Waals surface area contributed by atoms with Crippen LogP contribution in [0.4, 0.5) is 0 Å². The van der Waals surface area contributed by atoms with Crippen molar-refractivity contribution in [2.45, 2.75) is 38.4 Å². The summed E-state index contributed by atoms with van der Waals surface area (Å²) in [5.74, 6) is 2.55. The summed E-state index contributed by atoms with van der Waals surface area (Å²) in [6, 6.07) is 14.0. The average Bonchev–Trinajstić information content (AvgIpc) is 3.10. The monoisotopic (exact) mass is 398 g/mol. The van der Waals surface area contributed by atoms with Gasteiger partial charge >= 0.3 is 0 Å². The smallest absolute Gasteiger partial charge is 0.223 e. The van der Waals surface area contributed by atoms with Gasteiger partial charge in [0.2, 0.25) is 5.91 Å². The van der Waals surface area contributed by atoms with E-state index < -0.39 is 0 Å². The summed E-state index contributed by atoms with van der Waals surface area (Å²) < 4.78 is 16.3. The third-order valence-corrected chi connectivity index (χ3v) is 5.43.